The molecule has 0 aliphatic rings. The number of fused-ring (bicyclic) bond motifs is 4. The van der Waals surface area contributed by atoms with E-state index in [1.54, 1.807) is 18.2 Å². The van der Waals surface area contributed by atoms with E-state index < -0.39 is 88.3 Å². The molecule has 8 aromatic carbocycles. The Kier molecular flexibility index (Phi) is 20.1. The van der Waals surface area contributed by atoms with Gasteiger partial charge in [0.05, 0.1) is 86.3 Å². The van der Waals surface area contributed by atoms with Crippen molar-refractivity contribution < 1.29 is 57.1 Å². The number of benzene rings is 8. The van der Waals surface area contributed by atoms with Gasteiger partial charge in [0, 0.05) is 60.7 Å². The molecule has 98 heavy (non-hydrogen) atoms. The molecule has 6 N–H and O–H groups in total. The average Bonchev–Trinajstić information content (AvgIpc) is 0.799. The number of H-pyrrole nitrogens is 4. The number of carboxylic acid groups (broad SMARTS) is 2. The third kappa shape index (κ3) is 14.7. The van der Waals surface area contributed by atoms with Crippen molar-refractivity contribution in [2.75, 3.05) is 0 Å². The molecular weight excluding hydrogens is 1300 g/mol. The van der Waals surface area contributed by atoms with Gasteiger partial charge in [0.1, 0.15) is 46.2 Å². The van der Waals surface area contributed by atoms with Crippen molar-refractivity contribution in [3.05, 3.63) is 318 Å². The molecule has 4 heterocycles. The van der Waals surface area contributed by atoms with Crippen LogP contribution in [0.1, 0.15) is 76.9 Å². The van der Waals surface area contributed by atoms with Gasteiger partial charge in [0.25, 0.3) is 45.0 Å². The smallest absolute Gasteiger partial charge is 0.338 e. The van der Waals surface area contributed by atoms with Gasteiger partial charge in [-0.1, -0.05) is 60.7 Å². The molecule has 0 aliphatic heterocycles. The number of non-ortho nitro benzene ring substituents is 4. The van der Waals surface area contributed by atoms with E-state index in [2.05, 4.69) is 40.8 Å². The summed E-state index contributed by atoms with van der Waals surface area (Å²) in [6.45, 7) is 0. The normalized spacial score (nSPS) is 10.6. The number of rotatable bonds is 14. The van der Waals surface area contributed by atoms with Crippen LogP contribution in [0, 0.1) is 86.4 Å². The van der Waals surface area contributed by atoms with Crippen molar-refractivity contribution >= 4 is 77.8 Å². The van der Waals surface area contributed by atoms with Crippen LogP contribution in [0.4, 0.5) is 40.3 Å². The first-order valence-corrected chi connectivity index (χ1v) is 27.8. The zero-order valence-corrected chi connectivity index (χ0v) is 49.3. The van der Waals surface area contributed by atoms with Gasteiger partial charge in [-0.15, -0.1) is 0 Å². The number of aromatic nitrogens is 8. The van der Waals surface area contributed by atoms with Crippen LogP contribution in [-0.2, 0) is 25.7 Å². The summed E-state index contributed by atoms with van der Waals surface area (Å²) in [5.74, 6) is -5.87. The minimum absolute atomic E-state index is 0.0152. The number of carboxylic acids is 2. The molecule has 12 aromatic rings. The summed E-state index contributed by atoms with van der Waals surface area (Å²) in [4.78, 5) is 112. The maximum atomic E-state index is 13.5. The van der Waals surface area contributed by atoms with Gasteiger partial charge < -0.3 is 10.2 Å². The maximum Gasteiger partial charge on any atom is 0.338 e. The Morgan fingerprint density at radius 3 is 0.980 bits per heavy atom. The Morgan fingerprint density at radius 2 is 0.663 bits per heavy atom. The van der Waals surface area contributed by atoms with Crippen molar-refractivity contribution in [3.8, 4) is 12.1 Å². The molecule has 34 heteroatoms. The number of nitro groups is 4. The molecule has 0 saturated carbocycles. The molecule has 30 nitrogen and oxygen atoms in total. The van der Waals surface area contributed by atoms with Gasteiger partial charge in [-0.05, 0) is 82.9 Å². The fourth-order valence-corrected chi connectivity index (χ4v) is 10.2. The van der Waals surface area contributed by atoms with Crippen LogP contribution in [0.5, 0.6) is 0 Å². The Labute approximate surface area is 540 Å². The van der Waals surface area contributed by atoms with E-state index in [-0.39, 0.29) is 109 Å². The second-order valence-electron chi connectivity index (χ2n) is 20.6. The summed E-state index contributed by atoms with van der Waals surface area (Å²) in [7, 11) is 0. The van der Waals surface area contributed by atoms with E-state index in [1.165, 1.54) is 109 Å². The zero-order valence-electron chi connectivity index (χ0n) is 49.3. The van der Waals surface area contributed by atoms with Gasteiger partial charge in [0.15, 0.2) is 0 Å². The van der Waals surface area contributed by atoms with Gasteiger partial charge in [-0.3, -0.25) is 59.6 Å². The molecular formula is C64H38F4N14O16. The lowest BCUT2D eigenvalue weighted by Crippen LogP contribution is -2.13. The predicted octanol–water partition coefficient (Wildman–Crippen LogP) is 9.38. The van der Waals surface area contributed by atoms with Crippen molar-refractivity contribution in [1.29, 1.82) is 10.5 Å². The largest absolute Gasteiger partial charge is 0.478 e. The number of halogens is 4. The van der Waals surface area contributed by atoms with E-state index in [0.717, 1.165) is 30.3 Å². The summed E-state index contributed by atoms with van der Waals surface area (Å²) < 4.78 is 53.8. The van der Waals surface area contributed by atoms with Crippen LogP contribution in [0.2, 0.25) is 0 Å². The molecule has 488 valence electrons. The van der Waals surface area contributed by atoms with Crippen LogP contribution >= 0.6 is 0 Å². The second-order valence-corrected chi connectivity index (χ2v) is 20.6. The van der Waals surface area contributed by atoms with Crippen LogP contribution in [-0.4, -0.2) is 82.6 Å². The Balaban J connectivity index is 0.000000153. The number of aromatic amines is 4. The highest BCUT2D eigenvalue weighted by molar-refractivity contribution is 5.95. The minimum atomic E-state index is -1.43. The van der Waals surface area contributed by atoms with Crippen molar-refractivity contribution in [3.63, 3.8) is 0 Å². The molecule has 0 bridgehead atoms. The number of nitro benzene ring substituents is 4. The number of hydrogen-bond acceptors (Lipinski definition) is 20. The van der Waals surface area contributed by atoms with E-state index in [0.29, 0.717) is 39.0 Å². The summed E-state index contributed by atoms with van der Waals surface area (Å²) in [5, 5.41) is 106. The molecule has 0 fully saturated rings. The summed E-state index contributed by atoms with van der Waals surface area (Å²) in [5.41, 5.74) is -1.76. The number of hydrogen-bond donors (Lipinski definition) is 6. The molecule has 0 atom stereocenters. The lowest BCUT2D eigenvalue weighted by atomic mass is 10.0. The summed E-state index contributed by atoms with van der Waals surface area (Å²) in [6, 6.07) is 35.2. The molecule has 0 saturated heterocycles. The van der Waals surface area contributed by atoms with Gasteiger partial charge in [-0.2, -0.15) is 30.9 Å². The molecule has 0 spiro atoms. The topological polar surface area (TPSA) is 478 Å². The lowest BCUT2D eigenvalue weighted by molar-refractivity contribution is -0.383. The van der Waals surface area contributed by atoms with E-state index in [1.807, 2.05) is 0 Å². The molecule has 4 aromatic heterocycles. The van der Waals surface area contributed by atoms with E-state index in [4.69, 9.17) is 20.7 Å². The van der Waals surface area contributed by atoms with E-state index >= 15 is 0 Å². The van der Waals surface area contributed by atoms with Crippen molar-refractivity contribution in [2.45, 2.75) is 25.7 Å². The first-order valence-electron chi connectivity index (χ1n) is 27.8. The Morgan fingerprint density at radius 1 is 0.388 bits per heavy atom. The van der Waals surface area contributed by atoms with Crippen LogP contribution in [0.3, 0.4) is 0 Å². The first kappa shape index (κ1) is 67.9. The molecule has 0 radical (unpaired) electrons. The highest BCUT2D eigenvalue weighted by atomic mass is 19.1. The van der Waals surface area contributed by atoms with Crippen LogP contribution in [0.15, 0.2) is 165 Å². The quantitative estimate of drug-likeness (QED) is 0.0335. The predicted molar refractivity (Wildman–Crippen MR) is 336 cm³/mol. The second kappa shape index (κ2) is 29.0. The van der Waals surface area contributed by atoms with E-state index in [9.17, 15) is 86.8 Å². The third-order valence-electron chi connectivity index (χ3n) is 14.6. The molecule has 0 aliphatic carbocycles. The molecule has 12 rings (SSSR count). The monoisotopic (exact) mass is 1330 g/mol. The van der Waals surface area contributed by atoms with Crippen LogP contribution < -0.4 is 22.2 Å². The number of nitrogens with one attached hydrogen (secondary N) is 4. The Bertz CT molecular complexity index is 5680. The van der Waals surface area contributed by atoms with Gasteiger partial charge >= 0.3 is 11.9 Å². The van der Waals surface area contributed by atoms with Crippen molar-refractivity contribution in [2.24, 2.45) is 0 Å². The third-order valence-corrected chi connectivity index (χ3v) is 14.6. The molecule has 0 unspecified atom stereocenters. The standard InChI is InChI=1S/2C16H9FN4O3.2C16H10FN3O5/c17-12-5-4-9(6-10(12)8-18)7-13-15-11(16(22)20-19-13)2-1-3-14(15)21(23)24;17-12-5-4-9(6-10(12)8-18)7-13-11-2-1-3-14(21(23)24)15(11)16(22)20-19-13;17-11-5-4-8(6-10(11)16(22)23)7-12-14-9(15(21)19-18-12)2-1-3-13(14)20(24)25;17-11-5-4-8(6-10(11)16(22)23)7-12-9-2-1-3-13(20(24)25)14(9)15(21)19-18-12/h2*1-6H,7H2,(H,20,22);2*1-6H,7H2,(H,19,21)(H,22,23). The zero-order chi connectivity index (χ0) is 70.8. The van der Waals surface area contributed by atoms with Gasteiger partial charge in [-0.25, -0.2) is 47.5 Å². The first-order chi connectivity index (χ1) is 46.8. The maximum absolute atomic E-state index is 13.5. The summed E-state index contributed by atoms with van der Waals surface area (Å²) in [6.07, 6.45) is 0.338. The number of carbonyl (C=O) groups is 2. The SMILES string of the molecule is N#Cc1cc(Cc2n[nH]c(=O)c3c([N+](=O)[O-])cccc23)ccc1F.N#Cc1cc(Cc2n[nH]c(=O)c3cccc([N+](=O)[O-])c23)ccc1F.O=C(O)c1cc(Cc2n[nH]c(=O)c3c([N+](=O)[O-])cccc23)ccc1F.O=C(O)c1cc(Cc2n[nH]c(=O)c3cccc([N+](=O)[O-])c23)ccc1F. The van der Waals surface area contributed by atoms with Gasteiger partial charge in [0.2, 0.25) is 0 Å². The minimum Gasteiger partial charge on any atom is -0.478 e. The highest BCUT2D eigenvalue weighted by Gasteiger charge is 2.24. The fourth-order valence-electron chi connectivity index (χ4n) is 10.2. The lowest BCUT2D eigenvalue weighted by Gasteiger charge is -2.07. The Hall–Kier alpha value is -14.4. The number of nitriles is 2. The average molecular weight is 1340 g/mol. The highest BCUT2D eigenvalue weighted by Crippen LogP contribution is 2.31. The molecule has 0 amide bonds. The fraction of sp³-hybridized carbons (Fsp3) is 0.0625. The number of nitrogens with zero attached hydrogens (tertiary/aromatic N) is 10. The number of aromatic carboxylic acids is 2. The van der Waals surface area contributed by atoms with Crippen LogP contribution in [0.25, 0.3) is 43.1 Å². The summed E-state index contributed by atoms with van der Waals surface area (Å²) >= 11 is 0. The van der Waals surface area contributed by atoms with Crippen molar-refractivity contribution in [1.82, 2.24) is 40.8 Å².